The Bertz CT molecular complexity index is 484. The third-order valence-corrected chi connectivity index (χ3v) is 4.21. The molecule has 0 radical (unpaired) electrons. The van der Waals surface area contributed by atoms with Gasteiger partial charge in [-0.2, -0.15) is 0 Å². The SMILES string of the molecule is N[C@H]1CC[C@H](CN2C(=O)c3ccccc3C2=O)CC1. The van der Waals surface area contributed by atoms with Crippen LogP contribution in [0.3, 0.4) is 0 Å². The van der Waals surface area contributed by atoms with Gasteiger partial charge in [-0.1, -0.05) is 12.1 Å². The van der Waals surface area contributed by atoms with Crippen molar-refractivity contribution in [3.05, 3.63) is 35.4 Å². The Morgan fingerprint density at radius 3 is 2.05 bits per heavy atom. The van der Waals surface area contributed by atoms with Crippen molar-refractivity contribution >= 4 is 11.8 Å². The smallest absolute Gasteiger partial charge is 0.261 e. The van der Waals surface area contributed by atoms with E-state index in [0.717, 1.165) is 25.7 Å². The Morgan fingerprint density at radius 2 is 1.53 bits per heavy atom. The zero-order valence-electron chi connectivity index (χ0n) is 10.8. The Labute approximate surface area is 112 Å². The van der Waals surface area contributed by atoms with Crippen LogP contribution in [-0.2, 0) is 0 Å². The average molecular weight is 258 g/mol. The topological polar surface area (TPSA) is 63.4 Å². The molecule has 1 fully saturated rings. The Morgan fingerprint density at radius 1 is 1.00 bits per heavy atom. The van der Waals surface area contributed by atoms with E-state index in [2.05, 4.69) is 0 Å². The van der Waals surface area contributed by atoms with Crippen LogP contribution in [-0.4, -0.2) is 29.3 Å². The number of benzene rings is 1. The van der Waals surface area contributed by atoms with Gasteiger partial charge in [-0.05, 0) is 43.7 Å². The molecular weight excluding hydrogens is 240 g/mol. The predicted molar refractivity (Wildman–Crippen MR) is 71.7 cm³/mol. The van der Waals surface area contributed by atoms with Crippen LogP contribution < -0.4 is 5.73 Å². The van der Waals surface area contributed by atoms with E-state index in [-0.39, 0.29) is 11.8 Å². The fourth-order valence-corrected chi connectivity index (χ4v) is 3.03. The Kier molecular flexibility index (Phi) is 3.11. The molecule has 4 heteroatoms. The number of nitrogens with two attached hydrogens (primary N) is 1. The van der Waals surface area contributed by atoms with Gasteiger partial charge in [0.2, 0.25) is 0 Å². The minimum atomic E-state index is -0.143. The number of carbonyl (C=O) groups is 2. The number of nitrogens with zero attached hydrogens (tertiary/aromatic N) is 1. The number of rotatable bonds is 2. The van der Waals surface area contributed by atoms with Gasteiger partial charge in [0.1, 0.15) is 0 Å². The molecule has 1 saturated carbocycles. The maximum absolute atomic E-state index is 12.2. The molecule has 1 heterocycles. The van der Waals surface area contributed by atoms with Gasteiger partial charge >= 0.3 is 0 Å². The van der Waals surface area contributed by atoms with Crippen molar-refractivity contribution in [1.82, 2.24) is 4.90 Å². The van der Waals surface area contributed by atoms with Crippen molar-refractivity contribution in [2.75, 3.05) is 6.54 Å². The zero-order chi connectivity index (χ0) is 13.4. The summed E-state index contributed by atoms with van der Waals surface area (Å²) in [6.45, 7) is 0.541. The van der Waals surface area contributed by atoms with Crippen LogP contribution in [0.2, 0.25) is 0 Å². The third-order valence-electron chi connectivity index (χ3n) is 4.21. The number of fused-ring (bicyclic) bond motifs is 1. The number of hydrogen-bond donors (Lipinski definition) is 1. The first-order valence-corrected chi connectivity index (χ1v) is 6.87. The predicted octanol–water partition coefficient (Wildman–Crippen LogP) is 1.80. The van der Waals surface area contributed by atoms with E-state index in [0.29, 0.717) is 29.6 Å². The molecule has 0 spiro atoms. The molecule has 0 unspecified atom stereocenters. The number of carbonyl (C=O) groups excluding carboxylic acids is 2. The molecule has 0 saturated heterocycles. The molecule has 1 aromatic carbocycles. The van der Waals surface area contributed by atoms with Crippen LogP contribution in [0.4, 0.5) is 0 Å². The van der Waals surface area contributed by atoms with Crippen LogP contribution in [0.15, 0.2) is 24.3 Å². The lowest BCUT2D eigenvalue weighted by molar-refractivity contribution is 0.0615. The molecule has 3 rings (SSSR count). The summed E-state index contributed by atoms with van der Waals surface area (Å²) >= 11 is 0. The average Bonchev–Trinajstić information content (AvgIpc) is 2.67. The number of amides is 2. The summed E-state index contributed by atoms with van der Waals surface area (Å²) in [7, 11) is 0. The summed E-state index contributed by atoms with van der Waals surface area (Å²) in [6, 6.07) is 7.34. The lowest BCUT2D eigenvalue weighted by atomic mass is 9.86. The van der Waals surface area contributed by atoms with Gasteiger partial charge in [-0.3, -0.25) is 14.5 Å². The lowest BCUT2D eigenvalue weighted by Crippen LogP contribution is -2.37. The first-order valence-electron chi connectivity index (χ1n) is 6.87. The molecule has 2 N–H and O–H groups in total. The van der Waals surface area contributed by atoms with Crippen LogP contribution >= 0.6 is 0 Å². The minimum absolute atomic E-state index is 0.143. The van der Waals surface area contributed by atoms with Crippen LogP contribution in [0, 0.1) is 5.92 Å². The van der Waals surface area contributed by atoms with Crippen molar-refractivity contribution < 1.29 is 9.59 Å². The second-order valence-electron chi connectivity index (χ2n) is 5.55. The fourth-order valence-electron chi connectivity index (χ4n) is 3.03. The van der Waals surface area contributed by atoms with Gasteiger partial charge in [0.05, 0.1) is 11.1 Å². The molecule has 100 valence electrons. The maximum atomic E-state index is 12.2. The van der Waals surface area contributed by atoms with Crippen molar-refractivity contribution in [3.63, 3.8) is 0 Å². The summed E-state index contributed by atoms with van der Waals surface area (Å²) in [5.41, 5.74) is 6.96. The van der Waals surface area contributed by atoms with E-state index in [4.69, 9.17) is 5.73 Å². The maximum Gasteiger partial charge on any atom is 0.261 e. The van der Waals surface area contributed by atoms with E-state index in [1.807, 2.05) is 0 Å². The van der Waals surface area contributed by atoms with Crippen LogP contribution in [0.25, 0.3) is 0 Å². The zero-order valence-corrected chi connectivity index (χ0v) is 10.8. The first-order chi connectivity index (χ1) is 9.16. The highest BCUT2D eigenvalue weighted by atomic mass is 16.2. The Balaban J connectivity index is 1.74. The standard InChI is InChI=1S/C15H18N2O2/c16-11-7-5-10(6-8-11)9-17-14(18)12-3-1-2-4-13(12)15(17)19/h1-4,10-11H,5-9,16H2/t10-,11-. The van der Waals surface area contributed by atoms with Gasteiger partial charge in [0.15, 0.2) is 0 Å². The second-order valence-corrected chi connectivity index (χ2v) is 5.55. The van der Waals surface area contributed by atoms with E-state index in [1.54, 1.807) is 24.3 Å². The van der Waals surface area contributed by atoms with Crippen molar-refractivity contribution in [2.45, 2.75) is 31.7 Å². The molecule has 1 aliphatic heterocycles. The first kappa shape index (κ1) is 12.4. The molecule has 19 heavy (non-hydrogen) atoms. The van der Waals surface area contributed by atoms with Gasteiger partial charge in [0.25, 0.3) is 11.8 Å². The highest BCUT2D eigenvalue weighted by molar-refractivity contribution is 6.21. The summed E-state index contributed by atoms with van der Waals surface area (Å²) in [6.07, 6.45) is 4.00. The van der Waals surface area contributed by atoms with Gasteiger partial charge in [-0.25, -0.2) is 0 Å². The molecule has 1 aromatic rings. The summed E-state index contributed by atoms with van der Waals surface area (Å²) in [5, 5.41) is 0. The van der Waals surface area contributed by atoms with E-state index in [9.17, 15) is 9.59 Å². The summed E-state index contributed by atoms with van der Waals surface area (Å²) in [4.78, 5) is 25.9. The minimum Gasteiger partial charge on any atom is -0.328 e. The summed E-state index contributed by atoms with van der Waals surface area (Å²) < 4.78 is 0. The quantitative estimate of drug-likeness (QED) is 0.823. The largest absolute Gasteiger partial charge is 0.328 e. The van der Waals surface area contributed by atoms with Gasteiger partial charge < -0.3 is 5.73 Å². The summed E-state index contributed by atoms with van der Waals surface area (Å²) in [5.74, 6) is 0.118. The van der Waals surface area contributed by atoms with Crippen molar-refractivity contribution in [2.24, 2.45) is 11.7 Å². The lowest BCUT2D eigenvalue weighted by Gasteiger charge is -2.28. The number of hydrogen-bond acceptors (Lipinski definition) is 3. The normalized spacial score (nSPS) is 26.7. The molecule has 0 bridgehead atoms. The van der Waals surface area contributed by atoms with E-state index in [1.165, 1.54) is 4.90 Å². The van der Waals surface area contributed by atoms with Crippen molar-refractivity contribution in [3.8, 4) is 0 Å². The molecule has 2 aliphatic rings. The fraction of sp³-hybridized carbons (Fsp3) is 0.467. The molecular formula is C15H18N2O2. The number of imide groups is 1. The second kappa shape index (κ2) is 4.78. The van der Waals surface area contributed by atoms with Crippen molar-refractivity contribution in [1.29, 1.82) is 0 Å². The Hall–Kier alpha value is -1.68. The van der Waals surface area contributed by atoms with E-state index >= 15 is 0 Å². The third kappa shape index (κ3) is 2.16. The van der Waals surface area contributed by atoms with Gasteiger partial charge in [-0.15, -0.1) is 0 Å². The molecule has 1 aliphatic carbocycles. The van der Waals surface area contributed by atoms with Gasteiger partial charge in [0, 0.05) is 12.6 Å². The van der Waals surface area contributed by atoms with E-state index < -0.39 is 0 Å². The highest BCUT2D eigenvalue weighted by Gasteiger charge is 2.36. The molecule has 0 aromatic heterocycles. The van der Waals surface area contributed by atoms with Crippen LogP contribution in [0.5, 0.6) is 0 Å². The molecule has 2 amide bonds. The molecule has 4 nitrogen and oxygen atoms in total. The molecule has 0 atom stereocenters. The van der Waals surface area contributed by atoms with Crippen LogP contribution in [0.1, 0.15) is 46.4 Å². The monoisotopic (exact) mass is 258 g/mol. The highest BCUT2D eigenvalue weighted by Crippen LogP contribution is 2.28.